The summed E-state index contributed by atoms with van der Waals surface area (Å²) in [6, 6.07) is 15.5. The summed E-state index contributed by atoms with van der Waals surface area (Å²) in [6.45, 7) is 4.64. The molecule has 0 aliphatic carbocycles. The molecule has 5 nitrogen and oxygen atoms in total. The van der Waals surface area contributed by atoms with Crippen LogP contribution in [0.25, 0.3) is 0 Å². The minimum atomic E-state index is -0.107. The average molecular weight is 387 g/mol. The average Bonchev–Trinajstić information content (AvgIpc) is 2.62. The number of anilines is 2. The number of amides is 2. The first-order chi connectivity index (χ1) is 12.9. The van der Waals surface area contributed by atoms with Crippen molar-refractivity contribution >= 4 is 35.0 Å². The molecule has 27 heavy (non-hydrogen) atoms. The van der Waals surface area contributed by atoms with Crippen molar-refractivity contribution in [2.45, 2.75) is 24.7 Å². The number of nitrogens with one attached hydrogen (secondary N) is 3. The van der Waals surface area contributed by atoms with Crippen LogP contribution in [0.3, 0.4) is 0 Å². The topological polar surface area (TPSA) is 62.6 Å². The third-order valence-corrected chi connectivity index (χ3v) is 4.96. The van der Waals surface area contributed by atoms with Crippen LogP contribution >= 0.6 is 11.8 Å². The molecule has 0 bridgehead atoms. The first-order valence-electron chi connectivity index (χ1n) is 9.03. The maximum Gasteiger partial charge on any atom is 0.279 e. The molecule has 0 aromatic heterocycles. The second kappa shape index (κ2) is 10.1. The lowest BCUT2D eigenvalue weighted by Crippen LogP contribution is -3.11. The number of thioether (sulfide) groups is 1. The SMILES string of the molecule is CSc1ccccc1NC(=O)C[NH+](C)CC(=O)Nc1ccccc1C(C)C. The minimum Gasteiger partial charge on any atom is -0.322 e. The standard InChI is InChI=1S/C21H27N3O2S/c1-15(2)16-9-5-6-10-17(16)22-20(25)13-24(3)14-21(26)23-18-11-7-8-12-19(18)27-4/h5-12,15H,13-14H2,1-4H3,(H,22,25)(H,23,26)/p+1. The molecule has 2 aromatic rings. The van der Waals surface area contributed by atoms with Gasteiger partial charge in [-0.15, -0.1) is 11.8 Å². The highest BCUT2D eigenvalue weighted by Crippen LogP contribution is 2.24. The number of hydrogen-bond donors (Lipinski definition) is 3. The molecule has 0 saturated carbocycles. The molecule has 6 heteroatoms. The zero-order valence-electron chi connectivity index (χ0n) is 16.3. The van der Waals surface area contributed by atoms with Gasteiger partial charge in [-0.05, 0) is 35.9 Å². The lowest BCUT2D eigenvalue weighted by molar-refractivity contribution is -0.862. The largest absolute Gasteiger partial charge is 0.322 e. The van der Waals surface area contributed by atoms with Gasteiger partial charge in [-0.2, -0.15) is 0 Å². The molecule has 0 spiro atoms. The van der Waals surface area contributed by atoms with Gasteiger partial charge in [0.1, 0.15) is 0 Å². The van der Waals surface area contributed by atoms with Crippen LogP contribution in [0.4, 0.5) is 11.4 Å². The zero-order chi connectivity index (χ0) is 19.8. The number of para-hydroxylation sites is 2. The van der Waals surface area contributed by atoms with Crippen LogP contribution in [0.15, 0.2) is 53.4 Å². The molecule has 2 rings (SSSR count). The van der Waals surface area contributed by atoms with E-state index in [9.17, 15) is 9.59 Å². The molecular weight excluding hydrogens is 358 g/mol. The summed E-state index contributed by atoms with van der Waals surface area (Å²) in [4.78, 5) is 26.5. The summed E-state index contributed by atoms with van der Waals surface area (Å²) in [5, 5.41) is 5.90. The molecule has 144 valence electrons. The van der Waals surface area contributed by atoms with E-state index in [-0.39, 0.29) is 24.9 Å². The molecule has 0 fully saturated rings. The summed E-state index contributed by atoms with van der Waals surface area (Å²) >= 11 is 1.59. The van der Waals surface area contributed by atoms with E-state index in [0.717, 1.165) is 26.7 Å². The van der Waals surface area contributed by atoms with Gasteiger partial charge in [0.2, 0.25) is 0 Å². The van der Waals surface area contributed by atoms with Gasteiger partial charge < -0.3 is 15.5 Å². The number of carbonyl (C=O) groups excluding carboxylic acids is 2. The normalized spacial score (nSPS) is 11.9. The number of quaternary nitrogens is 1. The van der Waals surface area contributed by atoms with Gasteiger partial charge in [-0.3, -0.25) is 9.59 Å². The molecule has 0 aliphatic heterocycles. The Morgan fingerprint density at radius 3 is 2.04 bits per heavy atom. The van der Waals surface area contributed by atoms with Gasteiger partial charge in [0.25, 0.3) is 11.8 Å². The Bertz CT molecular complexity index is 793. The molecule has 0 saturated heterocycles. The number of hydrogen-bond acceptors (Lipinski definition) is 3. The molecule has 1 atom stereocenters. The van der Waals surface area contributed by atoms with E-state index in [1.54, 1.807) is 11.8 Å². The fourth-order valence-corrected chi connectivity index (χ4v) is 3.42. The molecule has 0 heterocycles. The molecular formula is C21H28N3O2S+. The van der Waals surface area contributed by atoms with E-state index in [1.165, 1.54) is 0 Å². The molecule has 0 aliphatic rings. The van der Waals surface area contributed by atoms with Crippen molar-refractivity contribution in [3.8, 4) is 0 Å². The van der Waals surface area contributed by atoms with Crippen molar-refractivity contribution in [1.29, 1.82) is 0 Å². The van der Waals surface area contributed by atoms with Crippen molar-refractivity contribution in [1.82, 2.24) is 0 Å². The first kappa shape index (κ1) is 21.0. The van der Waals surface area contributed by atoms with E-state index in [1.807, 2.05) is 61.8 Å². The summed E-state index contributed by atoms with van der Waals surface area (Å²) in [5.74, 6) is 0.121. The Morgan fingerprint density at radius 2 is 1.44 bits per heavy atom. The van der Waals surface area contributed by atoms with Crippen molar-refractivity contribution in [3.05, 3.63) is 54.1 Å². The van der Waals surface area contributed by atoms with Crippen LogP contribution in [-0.4, -0.2) is 38.2 Å². The minimum absolute atomic E-state index is 0.0992. The first-order valence-corrected chi connectivity index (χ1v) is 10.3. The van der Waals surface area contributed by atoms with Crippen molar-refractivity contribution < 1.29 is 14.5 Å². The van der Waals surface area contributed by atoms with Gasteiger partial charge in [0, 0.05) is 10.6 Å². The highest BCUT2D eigenvalue weighted by molar-refractivity contribution is 7.98. The predicted octanol–water partition coefficient (Wildman–Crippen LogP) is 2.62. The molecule has 0 radical (unpaired) electrons. The smallest absolute Gasteiger partial charge is 0.279 e. The second-order valence-corrected chi connectivity index (χ2v) is 7.70. The van der Waals surface area contributed by atoms with E-state index in [0.29, 0.717) is 5.92 Å². The maximum absolute atomic E-state index is 12.4. The lowest BCUT2D eigenvalue weighted by Gasteiger charge is -2.16. The fourth-order valence-electron chi connectivity index (χ4n) is 2.86. The van der Waals surface area contributed by atoms with Gasteiger partial charge in [-0.25, -0.2) is 0 Å². The van der Waals surface area contributed by atoms with Crippen LogP contribution in [0.5, 0.6) is 0 Å². The Balaban J connectivity index is 1.89. The number of carbonyl (C=O) groups is 2. The van der Waals surface area contributed by atoms with Gasteiger partial charge in [-0.1, -0.05) is 44.2 Å². The fraction of sp³-hybridized carbons (Fsp3) is 0.333. The highest BCUT2D eigenvalue weighted by Gasteiger charge is 2.16. The van der Waals surface area contributed by atoms with Crippen LogP contribution in [0.2, 0.25) is 0 Å². The summed E-state index contributed by atoms with van der Waals surface area (Å²) in [6.07, 6.45) is 1.97. The van der Waals surface area contributed by atoms with Gasteiger partial charge in [0.15, 0.2) is 13.1 Å². The van der Waals surface area contributed by atoms with E-state index in [2.05, 4.69) is 24.5 Å². The van der Waals surface area contributed by atoms with Crippen LogP contribution in [0.1, 0.15) is 25.3 Å². The molecule has 3 N–H and O–H groups in total. The molecule has 2 amide bonds. The van der Waals surface area contributed by atoms with E-state index in [4.69, 9.17) is 0 Å². The summed E-state index contributed by atoms with van der Waals surface area (Å²) in [7, 11) is 1.84. The third-order valence-electron chi connectivity index (χ3n) is 4.16. The van der Waals surface area contributed by atoms with Crippen LogP contribution < -0.4 is 15.5 Å². The maximum atomic E-state index is 12.4. The van der Waals surface area contributed by atoms with E-state index >= 15 is 0 Å². The lowest BCUT2D eigenvalue weighted by atomic mass is 10.0. The predicted molar refractivity (Wildman–Crippen MR) is 113 cm³/mol. The van der Waals surface area contributed by atoms with Crippen molar-refractivity contribution in [2.24, 2.45) is 0 Å². The Morgan fingerprint density at radius 1 is 0.926 bits per heavy atom. The second-order valence-electron chi connectivity index (χ2n) is 6.85. The number of rotatable bonds is 8. The molecule has 1 unspecified atom stereocenters. The van der Waals surface area contributed by atoms with Crippen molar-refractivity contribution in [2.75, 3.05) is 37.0 Å². The third kappa shape index (κ3) is 6.41. The number of benzene rings is 2. The highest BCUT2D eigenvalue weighted by atomic mass is 32.2. The van der Waals surface area contributed by atoms with Gasteiger partial charge in [0.05, 0.1) is 12.7 Å². The van der Waals surface area contributed by atoms with Gasteiger partial charge >= 0.3 is 0 Å². The summed E-state index contributed by atoms with van der Waals surface area (Å²) in [5.41, 5.74) is 2.75. The quantitative estimate of drug-likeness (QED) is 0.611. The van der Waals surface area contributed by atoms with E-state index < -0.39 is 0 Å². The monoisotopic (exact) mass is 386 g/mol. The van der Waals surface area contributed by atoms with Crippen molar-refractivity contribution in [3.63, 3.8) is 0 Å². The molecule has 2 aromatic carbocycles. The van der Waals surface area contributed by atoms with Crippen LogP contribution in [0, 0.1) is 0 Å². The Labute approximate surface area is 165 Å². The Hall–Kier alpha value is -2.31. The Kier molecular flexibility index (Phi) is 7.88. The zero-order valence-corrected chi connectivity index (χ0v) is 17.2. The van der Waals surface area contributed by atoms with Crippen LogP contribution in [-0.2, 0) is 9.59 Å². The summed E-state index contributed by atoms with van der Waals surface area (Å²) < 4.78 is 0. The number of likely N-dealkylation sites (N-methyl/N-ethyl adjacent to an activating group) is 1.